The Morgan fingerprint density at radius 1 is 1.27 bits per heavy atom. The topological polar surface area (TPSA) is 98.1 Å². The molecular weight excluding hydrogens is 286 g/mol. The molecular formula is C14H17N5O3. The Labute approximate surface area is 127 Å². The smallest absolute Gasteiger partial charge is 0.271 e. The Kier molecular flexibility index (Phi) is 4.72. The second kappa shape index (κ2) is 6.70. The second-order valence-corrected chi connectivity index (χ2v) is 4.68. The first-order chi connectivity index (χ1) is 10.5. The van der Waals surface area contributed by atoms with E-state index in [1.54, 1.807) is 16.8 Å². The molecule has 8 heteroatoms. The van der Waals surface area contributed by atoms with E-state index < -0.39 is 5.91 Å². The number of methoxy groups -OCH3 is 1. The van der Waals surface area contributed by atoms with Crippen molar-refractivity contribution in [1.29, 1.82) is 0 Å². The number of nitrogens with one attached hydrogen (secondary N) is 2. The van der Waals surface area contributed by atoms with Crippen LogP contribution in [0.5, 0.6) is 5.88 Å². The van der Waals surface area contributed by atoms with Crippen molar-refractivity contribution in [2.24, 2.45) is 0 Å². The van der Waals surface area contributed by atoms with Crippen molar-refractivity contribution in [2.45, 2.75) is 20.4 Å². The maximum atomic E-state index is 11.8. The lowest BCUT2D eigenvalue weighted by atomic mass is 10.3. The van der Waals surface area contributed by atoms with Gasteiger partial charge in [0.15, 0.2) is 0 Å². The summed E-state index contributed by atoms with van der Waals surface area (Å²) in [7, 11) is 1.49. The lowest BCUT2D eigenvalue weighted by Gasteiger charge is -2.08. The van der Waals surface area contributed by atoms with E-state index in [-0.39, 0.29) is 12.5 Å². The molecule has 0 aliphatic heterocycles. The maximum Gasteiger partial charge on any atom is 0.271 e. The third kappa shape index (κ3) is 3.81. The van der Waals surface area contributed by atoms with Crippen molar-refractivity contribution in [3.8, 4) is 5.88 Å². The number of carbonyl (C=O) groups is 2. The normalized spacial score (nSPS) is 10.1. The first-order valence-electron chi connectivity index (χ1n) is 6.60. The molecule has 116 valence electrons. The third-order valence-corrected chi connectivity index (χ3v) is 2.92. The third-order valence-electron chi connectivity index (χ3n) is 2.92. The average molecular weight is 303 g/mol. The molecule has 0 spiro atoms. The molecule has 0 aliphatic carbocycles. The molecule has 0 fully saturated rings. The van der Waals surface area contributed by atoms with Crippen molar-refractivity contribution in [3.63, 3.8) is 0 Å². The summed E-state index contributed by atoms with van der Waals surface area (Å²) in [4.78, 5) is 27.5. The molecule has 2 N–H and O–H groups in total. The number of rotatable bonds is 4. The number of nitrogens with zero attached hydrogens (tertiary/aromatic N) is 3. The van der Waals surface area contributed by atoms with Crippen LogP contribution in [0.25, 0.3) is 0 Å². The predicted octanol–water partition coefficient (Wildman–Crippen LogP) is 0.365. The number of amides is 2. The number of pyridine rings is 1. The van der Waals surface area contributed by atoms with Crippen LogP contribution >= 0.6 is 0 Å². The average Bonchev–Trinajstić information content (AvgIpc) is 2.82. The molecule has 2 amide bonds. The molecule has 2 aromatic rings. The van der Waals surface area contributed by atoms with Gasteiger partial charge in [-0.15, -0.1) is 0 Å². The van der Waals surface area contributed by atoms with Crippen LogP contribution in [-0.2, 0) is 11.3 Å². The summed E-state index contributed by atoms with van der Waals surface area (Å²) in [5.41, 5.74) is 6.68. The van der Waals surface area contributed by atoms with Gasteiger partial charge in [-0.25, -0.2) is 4.98 Å². The van der Waals surface area contributed by atoms with Crippen molar-refractivity contribution in [2.75, 3.05) is 7.11 Å². The molecule has 2 aromatic heterocycles. The summed E-state index contributed by atoms with van der Waals surface area (Å²) in [5.74, 6) is -0.428. The minimum atomic E-state index is -0.461. The first-order valence-corrected chi connectivity index (χ1v) is 6.60. The quantitative estimate of drug-likeness (QED) is 0.795. The Morgan fingerprint density at radius 3 is 2.59 bits per heavy atom. The molecule has 0 unspecified atom stereocenters. The van der Waals surface area contributed by atoms with E-state index in [1.165, 1.54) is 13.3 Å². The molecule has 22 heavy (non-hydrogen) atoms. The number of carbonyl (C=O) groups excluding carboxylic acids is 2. The van der Waals surface area contributed by atoms with Gasteiger partial charge in [0, 0.05) is 18.0 Å². The van der Waals surface area contributed by atoms with E-state index in [4.69, 9.17) is 4.74 Å². The van der Waals surface area contributed by atoms with E-state index in [0.717, 1.165) is 11.4 Å². The minimum Gasteiger partial charge on any atom is -0.481 e. The number of hydrazine groups is 1. The molecule has 0 saturated heterocycles. The Balaban J connectivity index is 1.87. The fourth-order valence-corrected chi connectivity index (χ4v) is 1.84. The van der Waals surface area contributed by atoms with Crippen LogP contribution in [0.3, 0.4) is 0 Å². The van der Waals surface area contributed by atoms with Crippen LogP contribution in [0.1, 0.15) is 21.7 Å². The van der Waals surface area contributed by atoms with E-state index >= 15 is 0 Å². The van der Waals surface area contributed by atoms with Gasteiger partial charge in [0.25, 0.3) is 11.8 Å². The second-order valence-electron chi connectivity index (χ2n) is 4.68. The van der Waals surface area contributed by atoms with Crippen molar-refractivity contribution in [1.82, 2.24) is 25.6 Å². The number of hydrogen-bond donors (Lipinski definition) is 2. The molecule has 0 saturated carbocycles. The van der Waals surface area contributed by atoms with Gasteiger partial charge in [-0.05, 0) is 26.0 Å². The Morgan fingerprint density at radius 2 is 2.05 bits per heavy atom. The van der Waals surface area contributed by atoms with Crippen LogP contribution in [-0.4, -0.2) is 33.7 Å². The first kappa shape index (κ1) is 15.5. The predicted molar refractivity (Wildman–Crippen MR) is 78.1 cm³/mol. The molecule has 2 rings (SSSR count). The fraction of sp³-hybridized carbons (Fsp3) is 0.286. The van der Waals surface area contributed by atoms with Crippen molar-refractivity contribution in [3.05, 3.63) is 41.3 Å². The summed E-state index contributed by atoms with van der Waals surface area (Å²) in [6.07, 6.45) is 1.36. The largest absolute Gasteiger partial charge is 0.481 e. The number of hydrogen-bond acceptors (Lipinski definition) is 5. The molecule has 0 radical (unpaired) electrons. The van der Waals surface area contributed by atoms with E-state index in [1.807, 2.05) is 19.9 Å². The Hall–Kier alpha value is -2.90. The molecule has 0 bridgehead atoms. The molecule has 0 aliphatic rings. The summed E-state index contributed by atoms with van der Waals surface area (Å²) >= 11 is 0. The van der Waals surface area contributed by atoms with Gasteiger partial charge in [0.2, 0.25) is 5.88 Å². The zero-order chi connectivity index (χ0) is 16.1. The zero-order valence-electron chi connectivity index (χ0n) is 12.6. The van der Waals surface area contributed by atoms with Gasteiger partial charge in [0.05, 0.1) is 18.4 Å². The lowest BCUT2D eigenvalue weighted by molar-refractivity contribution is -0.122. The van der Waals surface area contributed by atoms with Crippen LogP contribution in [0.15, 0.2) is 24.4 Å². The van der Waals surface area contributed by atoms with Crippen LogP contribution < -0.4 is 15.6 Å². The number of ether oxygens (including phenoxy) is 1. The SMILES string of the molecule is COc1ccc(C(=O)NNC(=O)Cn2nc(C)cc2C)cn1. The fourth-order valence-electron chi connectivity index (χ4n) is 1.84. The zero-order valence-corrected chi connectivity index (χ0v) is 12.6. The molecule has 0 aromatic carbocycles. The number of aryl methyl sites for hydroxylation is 2. The van der Waals surface area contributed by atoms with Gasteiger partial charge in [0.1, 0.15) is 6.54 Å². The van der Waals surface area contributed by atoms with Crippen LogP contribution in [0, 0.1) is 13.8 Å². The maximum absolute atomic E-state index is 11.8. The van der Waals surface area contributed by atoms with Gasteiger partial charge in [-0.1, -0.05) is 0 Å². The summed E-state index contributed by atoms with van der Waals surface area (Å²) in [6, 6.07) is 4.98. The highest BCUT2D eigenvalue weighted by molar-refractivity contribution is 5.95. The van der Waals surface area contributed by atoms with Crippen molar-refractivity contribution >= 4 is 11.8 Å². The van der Waals surface area contributed by atoms with Crippen LogP contribution in [0.4, 0.5) is 0 Å². The van der Waals surface area contributed by atoms with Crippen molar-refractivity contribution < 1.29 is 14.3 Å². The van der Waals surface area contributed by atoms with Gasteiger partial charge < -0.3 is 4.74 Å². The highest BCUT2D eigenvalue weighted by Crippen LogP contribution is 2.06. The minimum absolute atomic E-state index is 0.0286. The summed E-state index contributed by atoms with van der Waals surface area (Å²) in [6.45, 7) is 3.73. The summed E-state index contributed by atoms with van der Waals surface area (Å²) < 4.78 is 6.47. The highest BCUT2D eigenvalue weighted by Gasteiger charge is 2.10. The number of aromatic nitrogens is 3. The van der Waals surface area contributed by atoms with Gasteiger partial charge in [-0.2, -0.15) is 5.10 Å². The molecule has 2 heterocycles. The summed E-state index contributed by atoms with van der Waals surface area (Å²) in [5, 5.41) is 4.17. The van der Waals surface area contributed by atoms with E-state index in [9.17, 15) is 9.59 Å². The van der Waals surface area contributed by atoms with Gasteiger partial charge in [-0.3, -0.25) is 25.1 Å². The van der Waals surface area contributed by atoms with E-state index in [2.05, 4.69) is 20.9 Å². The van der Waals surface area contributed by atoms with Crippen LogP contribution in [0.2, 0.25) is 0 Å². The molecule has 0 atom stereocenters. The molecule has 8 nitrogen and oxygen atoms in total. The monoisotopic (exact) mass is 303 g/mol. The standard InChI is InChI=1S/C14H17N5O3/c1-9-6-10(2)19(18-9)8-12(20)16-17-14(21)11-4-5-13(22-3)15-7-11/h4-7H,8H2,1-3H3,(H,16,20)(H,17,21). The Bertz CT molecular complexity index is 678. The van der Waals surface area contributed by atoms with E-state index in [0.29, 0.717) is 11.4 Å². The van der Waals surface area contributed by atoms with Gasteiger partial charge >= 0.3 is 0 Å². The highest BCUT2D eigenvalue weighted by atomic mass is 16.5. The lowest BCUT2D eigenvalue weighted by Crippen LogP contribution is -2.43.